The van der Waals surface area contributed by atoms with Crippen molar-refractivity contribution in [3.05, 3.63) is 30.2 Å². The second-order valence-electron chi connectivity index (χ2n) is 7.91. The number of amides is 2. The molecule has 1 saturated heterocycles. The lowest BCUT2D eigenvalue weighted by Gasteiger charge is -2.34. The molecule has 0 N–H and O–H groups in total. The Labute approximate surface area is 176 Å². The van der Waals surface area contributed by atoms with E-state index in [2.05, 4.69) is 17.1 Å². The van der Waals surface area contributed by atoms with Crippen molar-refractivity contribution in [1.82, 2.24) is 19.9 Å². The molecule has 2 aromatic rings. The van der Waals surface area contributed by atoms with Crippen LogP contribution in [0, 0.1) is 5.92 Å². The van der Waals surface area contributed by atoms with Crippen LogP contribution in [-0.4, -0.2) is 64.5 Å². The maximum Gasteiger partial charge on any atom is 0.260 e. The first-order chi connectivity index (χ1) is 14.6. The minimum absolute atomic E-state index is 0.0146. The second-order valence-corrected chi connectivity index (χ2v) is 7.91. The summed E-state index contributed by atoms with van der Waals surface area (Å²) in [7, 11) is 0. The molecule has 0 bridgehead atoms. The van der Waals surface area contributed by atoms with Gasteiger partial charge in [0.2, 0.25) is 17.6 Å². The van der Waals surface area contributed by atoms with E-state index in [4.69, 9.17) is 9.26 Å². The summed E-state index contributed by atoms with van der Waals surface area (Å²) in [6.45, 7) is 4.47. The molecular weight excluding hydrogens is 384 g/mol. The number of benzene rings is 1. The Morgan fingerprint density at radius 2 is 1.80 bits per heavy atom. The molecule has 8 nitrogen and oxygen atoms in total. The minimum atomic E-state index is -0.0590. The van der Waals surface area contributed by atoms with Crippen molar-refractivity contribution >= 4 is 11.8 Å². The van der Waals surface area contributed by atoms with Crippen molar-refractivity contribution in [2.45, 2.75) is 39.0 Å². The molecule has 2 fully saturated rings. The summed E-state index contributed by atoms with van der Waals surface area (Å²) >= 11 is 0. The highest BCUT2D eigenvalue weighted by Crippen LogP contribution is 2.31. The van der Waals surface area contributed by atoms with Gasteiger partial charge < -0.3 is 19.1 Å². The van der Waals surface area contributed by atoms with E-state index in [1.54, 1.807) is 17.0 Å². The molecule has 4 rings (SSSR count). The molecule has 0 radical (unpaired) electrons. The summed E-state index contributed by atoms with van der Waals surface area (Å²) in [6, 6.07) is 7.32. The lowest BCUT2D eigenvalue weighted by molar-refractivity contribution is -0.141. The summed E-state index contributed by atoms with van der Waals surface area (Å²) in [5.41, 5.74) is 0.844. The van der Waals surface area contributed by atoms with E-state index in [0.717, 1.165) is 37.7 Å². The Balaban J connectivity index is 1.23. The smallest absolute Gasteiger partial charge is 0.260 e. The summed E-state index contributed by atoms with van der Waals surface area (Å²) in [5, 5.41) is 4.02. The number of hydrogen-bond donors (Lipinski definition) is 0. The topological polar surface area (TPSA) is 88.8 Å². The molecule has 160 valence electrons. The number of carbonyl (C=O) groups excluding carboxylic acids is 2. The molecule has 0 atom stereocenters. The molecule has 2 aliphatic rings. The molecule has 1 aromatic carbocycles. The number of carbonyl (C=O) groups is 2. The van der Waals surface area contributed by atoms with Gasteiger partial charge in [-0.15, -0.1) is 0 Å². The van der Waals surface area contributed by atoms with Crippen LogP contribution in [0.1, 0.15) is 38.5 Å². The highest BCUT2D eigenvalue weighted by molar-refractivity contribution is 5.82. The molecule has 1 aliphatic carbocycles. The maximum atomic E-state index is 12.4. The lowest BCUT2D eigenvalue weighted by atomic mass is 10.2. The van der Waals surface area contributed by atoms with E-state index >= 15 is 0 Å². The van der Waals surface area contributed by atoms with Crippen molar-refractivity contribution in [2.75, 3.05) is 32.8 Å². The summed E-state index contributed by atoms with van der Waals surface area (Å²) in [6.07, 6.45) is 4.91. The van der Waals surface area contributed by atoms with Gasteiger partial charge in [0, 0.05) is 44.1 Å². The highest BCUT2D eigenvalue weighted by Gasteiger charge is 2.35. The predicted octanol–water partition coefficient (Wildman–Crippen LogP) is 2.54. The molecule has 2 heterocycles. The van der Waals surface area contributed by atoms with E-state index in [9.17, 15) is 9.59 Å². The fourth-order valence-electron chi connectivity index (χ4n) is 3.50. The first kappa shape index (κ1) is 20.4. The third kappa shape index (κ3) is 4.98. The second kappa shape index (κ2) is 9.28. The average Bonchev–Trinajstić information content (AvgIpc) is 3.54. The number of ether oxygens (including phenoxy) is 1. The van der Waals surface area contributed by atoms with Crippen LogP contribution in [0.25, 0.3) is 11.4 Å². The van der Waals surface area contributed by atoms with Crippen molar-refractivity contribution in [1.29, 1.82) is 0 Å². The zero-order chi connectivity index (χ0) is 20.9. The van der Waals surface area contributed by atoms with E-state index in [1.807, 2.05) is 17.0 Å². The largest absolute Gasteiger partial charge is 0.484 e. The number of nitrogens with zero attached hydrogens (tertiary/aromatic N) is 4. The van der Waals surface area contributed by atoms with Crippen molar-refractivity contribution < 1.29 is 18.8 Å². The van der Waals surface area contributed by atoms with Crippen LogP contribution in [-0.2, 0) is 16.0 Å². The van der Waals surface area contributed by atoms with Gasteiger partial charge in [-0.1, -0.05) is 18.5 Å². The van der Waals surface area contributed by atoms with Crippen molar-refractivity contribution in [2.24, 2.45) is 5.92 Å². The van der Waals surface area contributed by atoms with Gasteiger partial charge in [0.1, 0.15) is 5.75 Å². The minimum Gasteiger partial charge on any atom is -0.484 e. The molecule has 1 saturated carbocycles. The molecule has 1 aromatic heterocycles. The number of aryl methyl sites for hydroxylation is 1. The predicted molar refractivity (Wildman–Crippen MR) is 110 cm³/mol. The zero-order valence-electron chi connectivity index (χ0n) is 17.4. The van der Waals surface area contributed by atoms with E-state index in [-0.39, 0.29) is 24.3 Å². The van der Waals surface area contributed by atoms with Crippen LogP contribution in [0.3, 0.4) is 0 Å². The molecule has 0 spiro atoms. The molecule has 1 aliphatic heterocycles. The first-order valence-corrected chi connectivity index (χ1v) is 10.8. The molecule has 0 unspecified atom stereocenters. The molecule has 8 heteroatoms. The Morgan fingerprint density at radius 3 is 2.47 bits per heavy atom. The standard InChI is InChI=1S/C22H28N4O4/c1-2-3-4-19-23-21(24-30-19)16-7-9-18(10-8-16)29-15-20(27)25-11-13-26(14-12-25)22(28)17-5-6-17/h7-10,17H,2-6,11-15H2,1H3. The monoisotopic (exact) mass is 412 g/mol. The number of aromatic nitrogens is 2. The third-order valence-electron chi connectivity index (χ3n) is 5.56. The van der Waals surface area contributed by atoms with Gasteiger partial charge in [0.25, 0.3) is 5.91 Å². The fraction of sp³-hybridized carbons (Fsp3) is 0.545. The van der Waals surface area contributed by atoms with Gasteiger partial charge in [-0.3, -0.25) is 9.59 Å². The average molecular weight is 412 g/mol. The van der Waals surface area contributed by atoms with Gasteiger partial charge >= 0.3 is 0 Å². The third-order valence-corrected chi connectivity index (χ3v) is 5.56. The van der Waals surface area contributed by atoms with E-state index < -0.39 is 0 Å². The molecular formula is C22H28N4O4. The van der Waals surface area contributed by atoms with Crippen molar-refractivity contribution in [3.8, 4) is 17.1 Å². The Bertz CT molecular complexity index is 868. The zero-order valence-corrected chi connectivity index (χ0v) is 17.4. The maximum absolute atomic E-state index is 12.4. The Kier molecular flexibility index (Phi) is 6.30. The van der Waals surface area contributed by atoms with Gasteiger partial charge in [-0.2, -0.15) is 4.98 Å². The van der Waals surface area contributed by atoms with Crippen molar-refractivity contribution in [3.63, 3.8) is 0 Å². The van der Waals surface area contributed by atoms with E-state index in [1.165, 1.54) is 0 Å². The number of rotatable bonds is 8. The van der Waals surface area contributed by atoms with Crippen LogP contribution in [0.5, 0.6) is 5.75 Å². The lowest BCUT2D eigenvalue weighted by Crippen LogP contribution is -2.52. The highest BCUT2D eigenvalue weighted by atomic mass is 16.5. The molecule has 30 heavy (non-hydrogen) atoms. The van der Waals surface area contributed by atoms with Crippen LogP contribution in [0.15, 0.2) is 28.8 Å². The van der Waals surface area contributed by atoms with Gasteiger partial charge in [0.15, 0.2) is 6.61 Å². The van der Waals surface area contributed by atoms with E-state index in [0.29, 0.717) is 43.6 Å². The summed E-state index contributed by atoms with van der Waals surface area (Å²) in [4.78, 5) is 32.6. The molecule has 2 amide bonds. The first-order valence-electron chi connectivity index (χ1n) is 10.8. The number of unbranched alkanes of at least 4 members (excludes halogenated alkanes) is 1. The quantitative estimate of drug-likeness (QED) is 0.662. The normalized spacial score (nSPS) is 16.6. The van der Waals surface area contributed by atoms with Crippen LogP contribution >= 0.6 is 0 Å². The van der Waals surface area contributed by atoms with Crippen LogP contribution < -0.4 is 4.74 Å². The fourth-order valence-corrected chi connectivity index (χ4v) is 3.50. The van der Waals surface area contributed by atoms with Crippen LogP contribution in [0.4, 0.5) is 0 Å². The Morgan fingerprint density at radius 1 is 1.10 bits per heavy atom. The summed E-state index contributed by atoms with van der Waals surface area (Å²) in [5.74, 6) is 2.24. The van der Waals surface area contributed by atoms with Gasteiger partial charge in [-0.25, -0.2) is 0 Å². The van der Waals surface area contributed by atoms with Gasteiger partial charge in [0.05, 0.1) is 0 Å². The number of hydrogen-bond acceptors (Lipinski definition) is 6. The Hall–Kier alpha value is -2.90. The number of piperazine rings is 1. The van der Waals surface area contributed by atoms with Crippen LogP contribution in [0.2, 0.25) is 0 Å². The van der Waals surface area contributed by atoms with Gasteiger partial charge in [-0.05, 0) is 43.5 Å². The SMILES string of the molecule is CCCCc1nc(-c2ccc(OCC(=O)N3CCN(C(=O)C4CC4)CC3)cc2)no1. The summed E-state index contributed by atoms with van der Waals surface area (Å²) < 4.78 is 10.9.